The van der Waals surface area contributed by atoms with Gasteiger partial charge >= 0.3 is 0 Å². The van der Waals surface area contributed by atoms with E-state index < -0.39 is 6.23 Å². The Hall–Kier alpha value is -3.35. The first-order chi connectivity index (χ1) is 18.6. The zero-order chi connectivity index (χ0) is 28.3. The highest BCUT2D eigenvalue weighted by molar-refractivity contribution is 6.35. The van der Waals surface area contributed by atoms with E-state index in [4.69, 9.17) is 49.6 Å². The molecule has 0 saturated carbocycles. The smallest absolute Gasteiger partial charge is 0.177 e. The van der Waals surface area contributed by atoms with Gasteiger partial charge in [-0.05, 0) is 69.5 Å². The predicted molar refractivity (Wildman–Crippen MR) is 155 cm³/mol. The largest absolute Gasteiger partial charge is 0.489 e. The summed E-state index contributed by atoms with van der Waals surface area (Å²) in [5, 5.41) is 19.4. The molecule has 5 N–H and O–H groups in total. The first kappa shape index (κ1) is 28.7. The maximum atomic E-state index is 9.92. The SMILES string of the molecule is Cc1cc(C(=N)c2cc(O[C@H](N)c3c(Cl)cncc3Cl)ccc2N)cc(C#N)c1OC1CCN(C(C)C)CC1. The van der Waals surface area contributed by atoms with Crippen LogP contribution in [0.3, 0.4) is 0 Å². The van der Waals surface area contributed by atoms with Crippen molar-refractivity contribution in [3.8, 4) is 17.6 Å². The van der Waals surface area contributed by atoms with E-state index in [2.05, 4.69) is 29.8 Å². The van der Waals surface area contributed by atoms with Crippen LogP contribution >= 0.6 is 23.2 Å². The predicted octanol–water partition coefficient (Wildman–Crippen LogP) is 5.85. The van der Waals surface area contributed by atoms with Gasteiger partial charge in [0.15, 0.2) is 6.23 Å². The first-order valence-electron chi connectivity index (χ1n) is 12.7. The van der Waals surface area contributed by atoms with Gasteiger partial charge in [0, 0.05) is 53.9 Å². The Labute approximate surface area is 238 Å². The zero-order valence-corrected chi connectivity index (χ0v) is 23.7. The minimum Gasteiger partial charge on any atom is -0.489 e. The van der Waals surface area contributed by atoms with Crippen molar-refractivity contribution in [2.75, 3.05) is 18.8 Å². The molecule has 1 aliphatic rings. The lowest BCUT2D eigenvalue weighted by atomic mass is 9.96. The number of nitrogens with zero attached hydrogens (tertiary/aromatic N) is 3. The third-order valence-electron chi connectivity index (χ3n) is 6.91. The van der Waals surface area contributed by atoms with Crippen molar-refractivity contribution in [3.05, 3.63) is 80.6 Å². The van der Waals surface area contributed by atoms with Crippen LogP contribution in [0.2, 0.25) is 10.0 Å². The Morgan fingerprint density at radius 2 is 1.82 bits per heavy atom. The number of hydrogen-bond acceptors (Lipinski definition) is 8. The molecule has 8 nitrogen and oxygen atoms in total. The number of hydrogen-bond donors (Lipinski definition) is 3. The number of pyridine rings is 1. The van der Waals surface area contributed by atoms with Gasteiger partial charge in [0.05, 0.1) is 21.3 Å². The van der Waals surface area contributed by atoms with Crippen molar-refractivity contribution in [1.29, 1.82) is 10.7 Å². The van der Waals surface area contributed by atoms with Gasteiger partial charge in [0.1, 0.15) is 23.7 Å². The second-order valence-corrected chi connectivity index (χ2v) is 10.7. The number of aryl methyl sites for hydroxylation is 1. The molecule has 0 spiro atoms. The molecule has 0 unspecified atom stereocenters. The molecule has 0 radical (unpaired) electrons. The zero-order valence-electron chi connectivity index (χ0n) is 22.2. The number of nitrogen functional groups attached to an aromatic ring is 1. The van der Waals surface area contributed by atoms with Crippen LogP contribution in [0.4, 0.5) is 5.69 Å². The highest BCUT2D eigenvalue weighted by atomic mass is 35.5. The topological polar surface area (TPSA) is 134 Å². The molecule has 204 valence electrons. The number of benzene rings is 2. The number of nitriles is 1. The third kappa shape index (κ3) is 6.45. The monoisotopic (exact) mass is 566 g/mol. The lowest BCUT2D eigenvalue weighted by Crippen LogP contribution is -2.41. The second-order valence-electron chi connectivity index (χ2n) is 9.91. The second kappa shape index (κ2) is 12.2. The fourth-order valence-electron chi connectivity index (χ4n) is 4.71. The molecule has 1 aromatic heterocycles. The summed E-state index contributed by atoms with van der Waals surface area (Å²) in [6.07, 6.45) is 3.77. The molecule has 0 amide bonds. The summed E-state index contributed by atoms with van der Waals surface area (Å²) in [5.41, 5.74) is 15.5. The Bertz CT molecular complexity index is 1390. The van der Waals surface area contributed by atoms with Gasteiger partial charge in [0.2, 0.25) is 0 Å². The number of nitrogens with one attached hydrogen (secondary N) is 1. The summed E-state index contributed by atoms with van der Waals surface area (Å²) >= 11 is 12.4. The van der Waals surface area contributed by atoms with Crippen LogP contribution in [0.1, 0.15) is 60.7 Å². The quantitative estimate of drug-likeness (QED) is 0.176. The molecular weight excluding hydrogens is 535 g/mol. The van der Waals surface area contributed by atoms with Gasteiger partial charge in [-0.3, -0.25) is 16.1 Å². The fourth-order valence-corrected chi connectivity index (χ4v) is 5.29. The highest BCUT2D eigenvalue weighted by Gasteiger charge is 2.24. The lowest BCUT2D eigenvalue weighted by molar-refractivity contribution is 0.0836. The Morgan fingerprint density at radius 1 is 1.15 bits per heavy atom. The van der Waals surface area contributed by atoms with Crippen LogP contribution in [0.15, 0.2) is 42.7 Å². The van der Waals surface area contributed by atoms with Gasteiger partial charge in [-0.1, -0.05) is 23.2 Å². The van der Waals surface area contributed by atoms with Crippen molar-refractivity contribution in [3.63, 3.8) is 0 Å². The molecule has 39 heavy (non-hydrogen) atoms. The third-order valence-corrected chi connectivity index (χ3v) is 7.51. The molecule has 4 rings (SSSR count). The summed E-state index contributed by atoms with van der Waals surface area (Å²) < 4.78 is 12.2. The average molecular weight is 568 g/mol. The van der Waals surface area contributed by atoms with Crippen molar-refractivity contribution in [2.24, 2.45) is 5.73 Å². The van der Waals surface area contributed by atoms with E-state index in [0.717, 1.165) is 31.5 Å². The van der Waals surface area contributed by atoms with E-state index in [1.807, 2.05) is 13.0 Å². The molecule has 0 aliphatic carbocycles. The summed E-state index contributed by atoms with van der Waals surface area (Å²) in [4.78, 5) is 6.36. The van der Waals surface area contributed by atoms with Crippen molar-refractivity contribution >= 4 is 34.6 Å². The van der Waals surface area contributed by atoms with Gasteiger partial charge in [-0.15, -0.1) is 0 Å². The highest BCUT2D eigenvalue weighted by Crippen LogP contribution is 2.33. The molecule has 3 aromatic rings. The molecule has 10 heteroatoms. The van der Waals surface area contributed by atoms with Gasteiger partial charge < -0.3 is 20.1 Å². The number of piperidine rings is 1. The average Bonchev–Trinajstić information content (AvgIpc) is 2.90. The lowest BCUT2D eigenvalue weighted by Gasteiger charge is -2.35. The molecule has 2 aromatic carbocycles. The van der Waals surface area contributed by atoms with Gasteiger partial charge in [-0.25, -0.2) is 0 Å². The van der Waals surface area contributed by atoms with E-state index in [1.165, 1.54) is 12.4 Å². The van der Waals surface area contributed by atoms with Crippen molar-refractivity contribution < 1.29 is 9.47 Å². The fraction of sp³-hybridized carbons (Fsp3) is 0.345. The summed E-state index contributed by atoms with van der Waals surface area (Å²) in [7, 11) is 0. The van der Waals surface area contributed by atoms with E-state index in [-0.39, 0.29) is 21.9 Å². The standard InChI is InChI=1S/C29H32Cl2N6O2/c1-16(2)37-8-6-20(7-9-37)38-28-17(3)10-18(11-19(28)13-32)27(34)22-12-21(4-5-25(22)33)39-29(35)26-23(30)14-36-15-24(26)31/h4-5,10-12,14-16,20,29,34H,6-9,33,35H2,1-3H3/t29-/m0/s1. The van der Waals surface area contributed by atoms with Crippen LogP contribution in [0.25, 0.3) is 0 Å². The summed E-state index contributed by atoms with van der Waals surface area (Å²) in [6, 6.07) is 11.2. The number of ether oxygens (including phenoxy) is 2. The molecular formula is C29H32Cl2N6O2. The van der Waals surface area contributed by atoms with Crippen LogP contribution < -0.4 is 20.9 Å². The van der Waals surface area contributed by atoms with Crippen LogP contribution in [0.5, 0.6) is 11.5 Å². The summed E-state index contributed by atoms with van der Waals surface area (Å²) in [5.74, 6) is 0.949. The molecule has 2 heterocycles. The van der Waals surface area contributed by atoms with Gasteiger partial charge in [0.25, 0.3) is 0 Å². The molecule has 1 fully saturated rings. The maximum absolute atomic E-state index is 9.92. The number of likely N-dealkylation sites (tertiary alicyclic amines) is 1. The van der Waals surface area contributed by atoms with Crippen LogP contribution in [-0.4, -0.2) is 40.8 Å². The van der Waals surface area contributed by atoms with E-state index in [0.29, 0.717) is 45.5 Å². The summed E-state index contributed by atoms with van der Waals surface area (Å²) in [6.45, 7) is 8.21. The van der Waals surface area contributed by atoms with E-state index in [9.17, 15) is 5.26 Å². The Morgan fingerprint density at radius 3 is 2.44 bits per heavy atom. The number of rotatable bonds is 8. The van der Waals surface area contributed by atoms with Gasteiger partial charge in [-0.2, -0.15) is 5.26 Å². The molecule has 0 bridgehead atoms. The Kier molecular flexibility index (Phi) is 8.98. The molecule has 1 saturated heterocycles. The van der Waals surface area contributed by atoms with Crippen molar-refractivity contribution in [2.45, 2.75) is 52.0 Å². The normalized spacial score (nSPS) is 15.1. The maximum Gasteiger partial charge on any atom is 0.177 e. The van der Waals surface area contributed by atoms with Crippen LogP contribution in [0, 0.1) is 23.7 Å². The Balaban J connectivity index is 1.55. The number of nitrogens with two attached hydrogens (primary N) is 2. The van der Waals surface area contributed by atoms with Crippen molar-refractivity contribution in [1.82, 2.24) is 9.88 Å². The molecule has 1 atom stereocenters. The van der Waals surface area contributed by atoms with E-state index >= 15 is 0 Å². The number of anilines is 1. The minimum atomic E-state index is -0.963. The number of halogens is 2. The van der Waals surface area contributed by atoms with Crippen LogP contribution in [-0.2, 0) is 0 Å². The molecule has 1 aliphatic heterocycles. The minimum absolute atomic E-state index is 0.0483. The van der Waals surface area contributed by atoms with E-state index in [1.54, 1.807) is 24.3 Å². The first-order valence-corrected chi connectivity index (χ1v) is 13.5. The number of aromatic nitrogens is 1.